The first kappa shape index (κ1) is 54.5. The second-order valence-electron chi connectivity index (χ2n) is 17.0. The number of hydrogen-bond donors (Lipinski definition) is 2. The van der Waals surface area contributed by atoms with Crippen LogP contribution in [0.4, 0.5) is 5.69 Å². The molecule has 1 fully saturated rings. The zero-order valence-corrected chi connectivity index (χ0v) is 41.1. The van der Waals surface area contributed by atoms with Gasteiger partial charge in [0, 0.05) is 61.8 Å². The molecule has 73 heavy (non-hydrogen) atoms. The molecular formula is C52H65N7O14. The summed E-state index contributed by atoms with van der Waals surface area (Å²) in [6.45, 7) is 7.52. The highest BCUT2D eigenvalue weighted by molar-refractivity contribution is 6.25. The summed E-state index contributed by atoms with van der Waals surface area (Å²) < 4.78 is 51.9. The number of nitrogens with one attached hydrogen (secondary N) is 2. The average Bonchev–Trinajstić information content (AvgIpc) is 4.17. The van der Waals surface area contributed by atoms with Crippen molar-refractivity contribution in [2.45, 2.75) is 57.4 Å². The quantitative estimate of drug-likeness (QED) is 0.0315. The summed E-state index contributed by atoms with van der Waals surface area (Å²) in [7, 11) is 0. The fraction of sp³-hybridized carbons (Fsp3) is 0.500. The van der Waals surface area contributed by atoms with E-state index in [2.05, 4.69) is 25.8 Å². The molecule has 1 atom stereocenters. The lowest BCUT2D eigenvalue weighted by Crippen LogP contribution is -2.54. The lowest BCUT2D eigenvalue weighted by atomic mass is 10.0. The number of ether oxygens (including phenoxy) is 8. The van der Waals surface area contributed by atoms with Gasteiger partial charge in [0.25, 0.3) is 11.8 Å². The molecule has 3 aromatic heterocycles. The monoisotopic (exact) mass is 1010 g/mol. The fourth-order valence-corrected chi connectivity index (χ4v) is 8.15. The van der Waals surface area contributed by atoms with Gasteiger partial charge in [-0.3, -0.25) is 38.6 Å². The minimum absolute atomic E-state index is 0.0604. The van der Waals surface area contributed by atoms with Crippen molar-refractivity contribution in [2.24, 2.45) is 0 Å². The van der Waals surface area contributed by atoms with E-state index in [1.54, 1.807) is 30.8 Å². The molecule has 1 saturated heterocycles. The van der Waals surface area contributed by atoms with Crippen LogP contribution < -0.4 is 10.6 Å². The maximum atomic E-state index is 13.2. The standard InChI is InChI=1S/C52H65N7O14/c60-45(39-12-10-38(11-13-39)42-36-54-46(58-37-55-57-49(42)58)16-14-40-6-5-20-73-40)9-2-1-3-19-65-22-24-67-26-28-69-30-32-71-34-35-72-33-31-70-29-27-68-25-23-66-21-18-53-43-8-4-7-41-48(43)52(64)59(51(41)63)44-15-17-47(61)56-50(44)62/h4-8,10-13,20,36-37,44,53H,1-3,9,14-19,21-35H2,(H,56,61,62). The van der Waals surface area contributed by atoms with E-state index < -0.39 is 29.7 Å². The Bertz CT molecular complexity index is 2520. The molecule has 4 amide bonds. The molecule has 0 bridgehead atoms. The smallest absolute Gasteiger partial charge is 0.264 e. The van der Waals surface area contributed by atoms with Crippen molar-refractivity contribution in [3.05, 3.63) is 102 Å². The number of ketones is 1. The third-order valence-corrected chi connectivity index (χ3v) is 11.9. The summed E-state index contributed by atoms with van der Waals surface area (Å²) in [6.07, 6.45) is 9.79. The van der Waals surface area contributed by atoms with Gasteiger partial charge < -0.3 is 47.6 Å². The van der Waals surface area contributed by atoms with Gasteiger partial charge in [0.15, 0.2) is 11.4 Å². The minimum Gasteiger partial charge on any atom is -0.469 e. The first-order valence-corrected chi connectivity index (χ1v) is 24.9. The van der Waals surface area contributed by atoms with Crippen LogP contribution in [0.3, 0.4) is 0 Å². The van der Waals surface area contributed by atoms with E-state index in [0.717, 1.165) is 58.9 Å². The van der Waals surface area contributed by atoms with Gasteiger partial charge >= 0.3 is 0 Å². The van der Waals surface area contributed by atoms with E-state index in [-0.39, 0.29) is 29.8 Å². The summed E-state index contributed by atoms with van der Waals surface area (Å²) in [6, 6.07) is 15.3. The van der Waals surface area contributed by atoms with Gasteiger partial charge in [-0.2, -0.15) is 0 Å². The largest absolute Gasteiger partial charge is 0.469 e. The molecule has 2 aliphatic rings. The molecule has 21 heteroatoms. The number of Topliss-reactive ketones (excluding diaryl/α,β-unsaturated/α-hetero) is 1. The van der Waals surface area contributed by atoms with Gasteiger partial charge in [0.1, 0.15) is 24.0 Å². The number of benzene rings is 2. The van der Waals surface area contributed by atoms with Crippen LogP contribution in [0.2, 0.25) is 0 Å². The fourth-order valence-electron chi connectivity index (χ4n) is 8.15. The number of anilines is 1. The SMILES string of the molecule is O=C1CCC(N2C(=O)c3cccc(NCCOCCOCCOCCOCCOCCOCCOCCOCCCCCC(=O)c4ccc(-c5cnc(CCc6ccco6)n6cnnc56)cc4)c3C2=O)C(=O)N1. The van der Waals surface area contributed by atoms with E-state index in [4.69, 9.17) is 42.3 Å². The Hall–Kier alpha value is -6.30. The third-order valence-electron chi connectivity index (χ3n) is 11.9. The molecule has 0 radical (unpaired) electrons. The number of carbonyl (C=O) groups is 5. The van der Waals surface area contributed by atoms with Crippen LogP contribution in [0.25, 0.3) is 16.8 Å². The van der Waals surface area contributed by atoms with Gasteiger partial charge in [-0.05, 0) is 49.1 Å². The Morgan fingerprint density at radius 3 is 1.92 bits per heavy atom. The number of amides is 4. The lowest BCUT2D eigenvalue weighted by Gasteiger charge is -2.27. The van der Waals surface area contributed by atoms with Crippen molar-refractivity contribution in [3.63, 3.8) is 0 Å². The number of rotatable bonds is 37. The Labute approximate surface area is 423 Å². The topological polar surface area (TPSA) is 243 Å². The van der Waals surface area contributed by atoms with Gasteiger partial charge in [-0.25, -0.2) is 4.98 Å². The van der Waals surface area contributed by atoms with Crippen molar-refractivity contribution >= 4 is 40.7 Å². The molecule has 2 N–H and O–H groups in total. The molecule has 5 aromatic rings. The third kappa shape index (κ3) is 16.6. The zero-order chi connectivity index (χ0) is 50.9. The van der Waals surface area contributed by atoms with Gasteiger partial charge in [0.2, 0.25) is 11.8 Å². The molecule has 0 saturated carbocycles. The summed E-state index contributed by atoms with van der Waals surface area (Å²) in [5, 5.41) is 13.8. The molecule has 5 heterocycles. The zero-order valence-electron chi connectivity index (χ0n) is 41.1. The predicted molar refractivity (Wildman–Crippen MR) is 263 cm³/mol. The number of fused-ring (bicyclic) bond motifs is 2. The number of aryl methyl sites for hydroxylation is 2. The number of furan rings is 1. The molecule has 0 aliphatic carbocycles. The summed E-state index contributed by atoms with van der Waals surface area (Å²) in [5.41, 5.74) is 4.08. The van der Waals surface area contributed by atoms with Crippen LogP contribution in [0.1, 0.15) is 81.2 Å². The Kier molecular flexibility index (Phi) is 22.4. The second kappa shape index (κ2) is 30.0. The number of unbranched alkanes of at least 4 members (excludes halogenated alkanes) is 2. The molecule has 392 valence electrons. The molecule has 2 aromatic carbocycles. The van der Waals surface area contributed by atoms with E-state index in [1.165, 1.54) is 0 Å². The van der Waals surface area contributed by atoms with Crippen LogP contribution in [-0.2, 0) is 60.3 Å². The number of carbonyl (C=O) groups excluding carboxylic acids is 5. The average molecular weight is 1010 g/mol. The maximum Gasteiger partial charge on any atom is 0.264 e. The van der Waals surface area contributed by atoms with Crippen LogP contribution in [0.15, 0.2) is 77.8 Å². The van der Waals surface area contributed by atoms with Crippen molar-refractivity contribution in [3.8, 4) is 11.1 Å². The first-order valence-electron chi connectivity index (χ1n) is 24.9. The number of nitrogens with zero attached hydrogens (tertiary/aromatic N) is 5. The van der Waals surface area contributed by atoms with Crippen molar-refractivity contribution in [2.75, 3.05) is 118 Å². The van der Waals surface area contributed by atoms with Crippen molar-refractivity contribution in [1.29, 1.82) is 0 Å². The normalized spacial score (nSPS) is 14.6. The van der Waals surface area contributed by atoms with E-state index in [0.29, 0.717) is 136 Å². The Morgan fingerprint density at radius 2 is 1.30 bits per heavy atom. The second-order valence-corrected chi connectivity index (χ2v) is 17.0. The van der Waals surface area contributed by atoms with Gasteiger partial charge in [-0.1, -0.05) is 36.8 Å². The maximum absolute atomic E-state index is 13.2. The van der Waals surface area contributed by atoms with Crippen LogP contribution in [0, 0.1) is 0 Å². The van der Waals surface area contributed by atoms with Gasteiger partial charge in [-0.15, -0.1) is 10.2 Å². The first-order chi connectivity index (χ1) is 35.9. The molecule has 21 nitrogen and oxygen atoms in total. The predicted octanol–water partition coefficient (Wildman–Crippen LogP) is 4.56. The number of aromatic nitrogens is 4. The summed E-state index contributed by atoms with van der Waals surface area (Å²) in [4.78, 5) is 68.6. The summed E-state index contributed by atoms with van der Waals surface area (Å²) in [5.74, 6) is -0.317. The highest BCUT2D eigenvalue weighted by atomic mass is 16.6. The van der Waals surface area contributed by atoms with Crippen molar-refractivity contribution < 1.29 is 66.3 Å². The van der Waals surface area contributed by atoms with Crippen molar-refractivity contribution in [1.82, 2.24) is 29.8 Å². The Balaban J connectivity index is 0.585. The minimum atomic E-state index is -1.02. The number of imide groups is 2. The van der Waals surface area contributed by atoms with E-state index >= 15 is 0 Å². The molecule has 7 rings (SSSR count). The van der Waals surface area contributed by atoms with Crippen LogP contribution in [0.5, 0.6) is 0 Å². The molecular weight excluding hydrogens is 947 g/mol. The van der Waals surface area contributed by atoms with E-state index in [1.807, 2.05) is 47.0 Å². The number of piperidine rings is 1. The molecule has 1 unspecified atom stereocenters. The lowest BCUT2D eigenvalue weighted by molar-refractivity contribution is -0.136. The number of hydrogen-bond acceptors (Lipinski definition) is 18. The van der Waals surface area contributed by atoms with E-state index in [9.17, 15) is 24.0 Å². The highest BCUT2D eigenvalue weighted by Crippen LogP contribution is 2.32. The summed E-state index contributed by atoms with van der Waals surface area (Å²) >= 11 is 0. The Morgan fingerprint density at radius 1 is 0.671 bits per heavy atom. The van der Waals surface area contributed by atoms with Gasteiger partial charge in [0.05, 0.1) is 116 Å². The van der Waals surface area contributed by atoms with Crippen LogP contribution >= 0.6 is 0 Å². The highest BCUT2D eigenvalue weighted by Gasteiger charge is 2.45. The van der Waals surface area contributed by atoms with Crippen LogP contribution in [-0.4, -0.2) is 172 Å². The molecule has 0 spiro atoms. The molecule has 2 aliphatic heterocycles.